The van der Waals surface area contributed by atoms with Crippen LogP contribution >= 0.6 is 23.2 Å². The summed E-state index contributed by atoms with van der Waals surface area (Å²) in [5.41, 5.74) is 5.00. The van der Waals surface area contributed by atoms with Crippen molar-refractivity contribution in [2.45, 2.75) is 52.1 Å². The van der Waals surface area contributed by atoms with Crippen molar-refractivity contribution in [3.05, 3.63) is 118 Å². The summed E-state index contributed by atoms with van der Waals surface area (Å²) < 4.78 is 0. The highest BCUT2D eigenvalue weighted by atomic mass is 35.5. The second-order valence-corrected chi connectivity index (χ2v) is 13.0. The lowest BCUT2D eigenvalue weighted by molar-refractivity contribution is 0.0728. The van der Waals surface area contributed by atoms with Crippen LogP contribution in [0.2, 0.25) is 10.0 Å². The standard InChI is InChI=1S/C39H36Cl2N6O2/c1-5-24(3)47(4)39(49)37-44-33-22-25(20-21-29(33)35(46-37)27-13-7-10-16-31(27)41)19-18-23(2)42-38(48)36-43-32-17-11-8-14-28(32)34(45-36)26-12-6-9-15-30(26)40/h6-17,20-24H,5,18-19H2,1-4H3,(H,42,48). The lowest BCUT2D eigenvalue weighted by atomic mass is 10.0. The van der Waals surface area contributed by atoms with Crippen molar-refractivity contribution in [2.24, 2.45) is 0 Å². The van der Waals surface area contributed by atoms with E-state index in [1.807, 2.05) is 106 Å². The summed E-state index contributed by atoms with van der Waals surface area (Å²) in [6, 6.07) is 28.3. The van der Waals surface area contributed by atoms with E-state index in [4.69, 9.17) is 33.2 Å². The molecule has 0 saturated carbocycles. The van der Waals surface area contributed by atoms with Crippen LogP contribution in [0.1, 0.15) is 60.4 Å². The van der Waals surface area contributed by atoms with Crippen LogP contribution in [0, 0.1) is 0 Å². The number of aryl methyl sites for hydroxylation is 1. The van der Waals surface area contributed by atoms with E-state index >= 15 is 0 Å². The number of hydrogen-bond donors (Lipinski definition) is 1. The van der Waals surface area contributed by atoms with Crippen LogP contribution in [0.4, 0.5) is 0 Å². The lowest BCUT2D eigenvalue weighted by Gasteiger charge is -2.23. The van der Waals surface area contributed by atoms with E-state index in [1.165, 1.54) is 0 Å². The molecule has 0 spiro atoms. The van der Waals surface area contributed by atoms with Crippen LogP contribution in [0.3, 0.4) is 0 Å². The molecule has 248 valence electrons. The zero-order valence-corrected chi connectivity index (χ0v) is 29.3. The average molecular weight is 692 g/mol. The molecule has 4 aromatic carbocycles. The Morgan fingerprint density at radius 2 is 1.31 bits per heavy atom. The van der Waals surface area contributed by atoms with E-state index < -0.39 is 0 Å². The lowest BCUT2D eigenvalue weighted by Crippen LogP contribution is -2.35. The molecule has 2 unspecified atom stereocenters. The first-order chi connectivity index (χ1) is 23.6. The first kappa shape index (κ1) is 34.0. The molecule has 0 aliphatic rings. The van der Waals surface area contributed by atoms with Crippen LogP contribution in [-0.4, -0.2) is 55.8 Å². The molecule has 2 aromatic heterocycles. The van der Waals surface area contributed by atoms with Crippen LogP contribution in [0.25, 0.3) is 44.3 Å². The molecule has 2 atom stereocenters. The topological polar surface area (TPSA) is 101 Å². The molecule has 8 nitrogen and oxygen atoms in total. The van der Waals surface area contributed by atoms with Crippen molar-refractivity contribution >= 4 is 56.8 Å². The third kappa shape index (κ3) is 7.26. The largest absolute Gasteiger partial charge is 0.347 e. The third-order valence-electron chi connectivity index (χ3n) is 8.83. The Bertz CT molecular complexity index is 2190. The quantitative estimate of drug-likeness (QED) is 0.154. The van der Waals surface area contributed by atoms with Crippen molar-refractivity contribution in [1.82, 2.24) is 30.2 Å². The number of nitrogens with zero attached hydrogens (tertiary/aromatic N) is 5. The first-order valence-electron chi connectivity index (χ1n) is 16.3. The summed E-state index contributed by atoms with van der Waals surface area (Å²) in [5.74, 6) is -0.417. The maximum atomic E-state index is 13.5. The SMILES string of the molecule is CCC(C)N(C)C(=O)c1nc(-c2ccccc2Cl)c2ccc(CCC(C)NC(=O)c3nc(-c4ccccc4Cl)c4ccccc4n3)cc2n1. The number of hydrogen-bond acceptors (Lipinski definition) is 6. The van der Waals surface area contributed by atoms with Crippen LogP contribution in [-0.2, 0) is 6.42 Å². The van der Waals surface area contributed by atoms with Crippen molar-refractivity contribution in [2.75, 3.05) is 7.05 Å². The number of aromatic nitrogens is 4. The number of rotatable bonds is 10. The normalized spacial score (nSPS) is 12.5. The summed E-state index contributed by atoms with van der Waals surface area (Å²) in [5, 5.41) is 5.76. The average Bonchev–Trinajstić information content (AvgIpc) is 3.12. The Morgan fingerprint density at radius 3 is 1.96 bits per heavy atom. The monoisotopic (exact) mass is 690 g/mol. The highest BCUT2D eigenvalue weighted by molar-refractivity contribution is 6.34. The van der Waals surface area contributed by atoms with Gasteiger partial charge in [0, 0.05) is 51.1 Å². The minimum Gasteiger partial charge on any atom is -0.347 e. The zero-order chi connectivity index (χ0) is 34.7. The molecule has 0 saturated heterocycles. The van der Waals surface area contributed by atoms with E-state index in [-0.39, 0.29) is 35.5 Å². The summed E-state index contributed by atoms with van der Waals surface area (Å²) in [7, 11) is 1.77. The fraction of sp³-hybridized carbons (Fsp3) is 0.231. The maximum Gasteiger partial charge on any atom is 0.291 e. The molecule has 0 bridgehead atoms. The summed E-state index contributed by atoms with van der Waals surface area (Å²) >= 11 is 13.1. The molecule has 0 fully saturated rings. The minimum absolute atomic E-state index is 0.0290. The van der Waals surface area contributed by atoms with Crippen molar-refractivity contribution in [3.63, 3.8) is 0 Å². The minimum atomic E-state index is -0.365. The Labute approximate surface area is 295 Å². The van der Waals surface area contributed by atoms with Gasteiger partial charge in [-0.25, -0.2) is 19.9 Å². The van der Waals surface area contributed by atoms with Gasteiger partial charge in [0.25, 0.3) is 11.8 Å². The van der Waals surface area contributed by atoms with Gasteiger partial charge in [0.2, 0.25) is 11.6 Å². The number of carbonyl (C=O) groups is 2. The number of amides is 2. The molecule has 49 heavy (non-hydrogen) atoms. The third-order valence-corrected chi connectivity index (χ3v) is 9.49. The van der Waals surface area contributed by atoms with Gasteiger partial charge in [0.1, 0.15) is 0 Å². The predicted molar refractivity (Wildman–Crippen MR) is 197 cm³/mol. The van der Waals surface area contributed by atoms with E-state index in [2.05, 4.69) is 15.3 Å². The van der Waals surface area contributed by atoms with Gasteiger partial charge in [0.15, 0.2) is 0 Å². The second-order valence-electron chi connectivity index (χ2n) is 12.2. The molecule has 0 radical (unpaired) electrons. The molecular weight excluding hydrogens is 655 g/mol. The second kappa shape index (κ2) is 14.7. The molecule has 2 heterocycles. The number of para-hydroxylation sites is 1. The fourth-order valence-corrected chi connectivity index (χ4v) is 6.15. The smallest absolute Gasteiger partial charge is 0.291 e. The van der Waals surface area contributed by atoms with Gasteiger partial charge >= 0.3 is 0 Å². The van der Waals surface area contributed by atoms with Gasteiger partial charge in [-0.3, -0.25) is 9.59 Å². The van der Waals surface area contributed by atoms with Gasteiger partial charge in [-0.05, 0) is 62.9 Å². The molecule has 0 aliphatic carbocycles. The molecule has 2 amide bonds. The number of benzene rings is 4. The Balaban J connectivity index is 1.25. The number of fused-ring (bicyclic) bond motifs is 2. The molecule has 6 rings (SSSR count). The summed E-state index contributed by atoms with van der Waals surface area (Å²) in [6.07, 6.45) is 2.11. The van der Waals surface area contributed by atoms with Gasteiger partial charge in [0.05, 0.1) is 22.4 Å². The predicted octanol–water partition coefficient (Wildman–Crippen LogP) is 8.84. The van der Waals surface area contributed by atoms with E-state index in [0.29, 0.717) is 45.3 Å². The maximum absolute atomic E-state index is 13.5. The van der Waals surface area contributed by atoms with Crippen LogP contribution < -0.4 is 5.32 Å². The van der Waals surface area contributed by atoms with E-state index in [0.717, 1.165) is 33.9 Å². The van der Waals surface area contributed by atoms with Crippen molar-refractivity contribution in [1.29, 1.82) is 0 Å². The summed E-state index contributed by atoms with van der Waals surface area (Å²) in [6.45, 7) is 5.98. The summed E-state index contributed by atoms with van der Waals surface area (Å²) in [4.78, 5) is 47.3. The number of nitrogens with one attached hydrogen (secondary N) is 1. The van der Waals surface area contributed by atoms with Crippen molar-refractivity contribution in [3.8, 4) is 22.5 Å². The fourth-order valence-electron chi connectivity index (χ4n) is 5.70. The molecular formula is C39H36Cl2N6O2. The highest BCUT2D eigenvalue weighted by Crippen LogP contribution is 2.33. The zero-order valence-electron chi connectivity index (χ0n) is 27.7. The molecule has 1 N–H and O–H groups in total. The van der Waals surface area contributed by atoms with E-state index in [1.54, 1.807) is 18.0 Å². The van der Waals surface area contributed by atoms with Gasteiger partial charge in [-0.1, -0.05) is 96.9 Å². The van der Waals surface area contributed by atoms with Crippen LogP contribution in [0.5, 0.6) is 0 Å². The highest BCUT2D eigenvalue weighted by Gasteiger charge is 2.23. The van der Waals surface area contributed by atoms with Crippen LogP contribution in [0.15, 0.2) is 91.0 Å². The first-order valence-corrected chi connectivity index (χ1v) is 17.1. The van der Waals surface area contributed by atoms with Gasteiger partial charge < -0.3 is 10.2 Å². The Kier molecular flexibility index (Phi) is 10.2. The van der Waals surface area contributed by atoms with Crippen molar-refractivity contribution < 1.29 is 9.59 Å². The molecule has 0 aliphatic heterocycles. The molecule has 6 aromatic rings. The number of carbonyl (C=O) groups excluding carboxylic acids is 2. The van der Waals surface area contributed by atoms with Gasteiger partial charge in [-0.2, -0.15) is 0 Å². The van der Waals surface area contributed by atoms with Gasteiger partial charge in [-0.15, -0.1) is 0 Å². The van der Waals surface area contributed by atoms with E-state index in [9.17, 15) is 9.59 Å². The Morgan fingerprint density at radius 1 is 0.735 bits per heavy atom. The number of halogens is 2. The Hall–Kier alpha value is -4.92. The molecule has 10 heteroatoms.